The van der Waals surface area contributed by atoms with Gasteiger partial charge in [0, 0.05) is 6.20 Å². The Morgan fingerprint density at radius 1 is 1.11 bits per heavy atom. The van der Waals surface area contributed by atoms with Crippen molar-refractivity contribution in [2.24, 2.45) is 0 Å². The molecular formula is C19H17N4O4S+. The maximum atomic E-state index is 13.1. The molecule has 0 saturated carbocycles. The predicted octanol–water partition coefficient (Wildman–Crippen LogP) is 0.542. The van der Waals surface area contributed by atoms with Gasteiger partial charge >= 0.3 is 0 Å². The van der Waals surface area contributed by atoms with Crippen LogP contribution in [0.15, 0.2) is 75.4 Å². The molecule has 8 nitrogen and oxygen atoms in total. The van der Waals surface area contributed by atoms with Crippen molar-refractivity contribution in [2.75, 3.05) is 12.3 Å². The second kappa shape index (κ2) is 6.70. The number of aliphatic hydroxyl groups excluding tert-OH is 1. The first-order valence-corrected chi connectivity index (χ1v) is 9.98. The van der Waals surface area contributed by atoms with E-state index in [1.54, 1.807) is 42.6 Å². The van der Waals surface area contributed by atoms with Crippen LogP contribution in [0.3, 0.4) is 0 Å². The van der Waals surface area contributed by atoms with Gasteiger partial charge in [-0.15, -0.1) is 0 Å². The number of nitrogen functional groups attached to an aromatic ring is 1. The van der Waals surface area contributed by atoms with E-state index in [-0.39, 0.29) is 39.8 Å². The Labute approximate surface area is 160 Å². The van der Waals surface area contributed by atoms with E-state index < -0.39 is 15.4 Å². The van der Waals surface area contributed by atoms with Crippen molar-refractivity contribution in [1.29, 1.82) is 0 Å². The summed E-state index contributed by atoms with van der Waals surface area (Å²) in [7, 11) is -3.98. The second-order valence-corrected chi connectivity index (χ2v) is 8.09. The van der Waals surface area contributed by atoms with Gasteiger partial charge in [0.05, 0.1) is 18.0 Å². The van der Waals surface area contributed by atoms with Gasteiger partial charge < -0.3 is 10.8 Å². The van der Waals surface area contributed by atoms with Gasteiger partial charge in [-0.2, -0.15) is 0 Å². The molecule has 3 heterocycles. The average Bonchev–Trinajstić information content (AvgIpc) is 2.71. The monoisotopic (exact) mass is 397 g/mol. The predicted molar refractivity (Wildman–Crippen MR) is 103 cm³/mol. The minimum atomic E-state index is -3.98. The van der Waals surface area contributed by atoms with Gasteiger partial charge in [0.15, 0.2) is 0 Å². The molecule has 3 N–H and O–H groups in total. The molecule has 0 unspecified atom stereocenters. The highest BCUT2D eigenvalue weighted by Gasteiger charge is 2.29. The summed E-state index contributed by atoms with van der Waals surface area (Å²) in [4.78, 5) is 17.3. The molecular weight excluding hydrogens is 380 g/mol. The van der Waals surface area contributed by atoms with Crippen molar-refractivity contribution in [2.45, 2.75) is 16.3 Å². The quantitative estimate of drug-likeness (QED) is 0.383. The first-order valence-electron chi connectivity index (χ1n) is 8.49. The van der Waals surface area contributed by atoms with E-state index in [9.17, 15) is 18.3 Å². The third-order valence-electron chi connectivity index (χ3n) is 4.49. The Bertz CT molecular complexity index is 1370. The second-order valence-electron chi connectivity index (χ2n) is 6.17. The van der Waals surface area contributed by atoms with Crippen LogP contribution in [-0.2, 0) is 16.4 Å². The highest BCUT2D eigenvalue weighted by Crippen LogP contribution is 2.26. The smallest absolute Gasteiger partial charge is 0.278 e. The van der Waals surface area contributed by atoms with Crippen molar-refractivity contribution >= 4 is 32.3 Å². The van der Waals surface area contributed by atoms with Gasteiger partial charge in [0.25, 0.3) is 11.2 Å². The number of pyridine rings is 2. The molecule has 0 atom stereocenters. The van der Waals surface area contributed by atoms with Crippen LogP contribution in [-0.4, -0.2) is 29.5 Å². The topological polar surface area (TPSA) is 119 Å². The molecule has 3 aromatic heterocycles. The molecule has 0 aliphatic carbocycles. The summed E-state index contributed by atoms with van der Waals surface area (Å²) in [6.07, 6.45) is 1.56. The Hall–Kier alpha value is -3.30. The van der Waals surface area contributed by atoms with Gasteiger partial charge in [0.2, 0.25) is 21.3 Å². The number of nitrogens with zero attached hydrogens (tertiary/aromatic N) is 3. The summed E-state index contributed by atoms with van der Waals surface area (Å²) in [5.74, 6) is -0.0856. The lowest BCUT2D eigenvalue weighted by molar-refractivity contribution is -0.661. The Balaban J connectivity index is 2.14. The lowest BCUT2D eigenvalue weighted by atomic mass is 10.3. The van der Waals surface area contributed by atoms with Crippen LogP contribution >= 0.6 is 0 Å². The fourth-order valence-electron chi connectivity index (χ4n) is 3.14. The number of aromatic nitrogens is 3. The lowest BCUT2D eigenvalue weighted by Crippen LogP contribution is -2.43. The van der Waals surface area contributed by atoms with E-state index in [4.69, 9.17) is 5.73 Å². The number of anilines is 1. The van der Waals surface area contributed by atoms with Gasteiger partial charge in [-0.1, -0.05) is 29.2 Å². The summed E-state index contributed by atoms with van der Waals surface area (Å²) in [5.41, 5.74) is 6.37. The largest absolute Gasteiger partial charge is 0.393 e. The number of fused-ring (bicyclic) bond motifs is 2. The first-order chi connectivity index (χ1) is 13.4. The third-order valence-corrected chi connectivity index (χ3v) is 6.29. The third kappa shape index (κ3) is 2.72. The molecule has 0 radical (unpaired) electrons. The van der Waals surface area contributed by atoms with E-state index in [0.29, 0.717) is 5.65 Å². The minimum Gasteiger partial charge on any atom is -0.393 e. The fraction of sp³-hybridized carbons (Fsp3) is 0.105. The van der Waals surface area contributed by atoms with Crippen molar-refractivity contribution in [3.63, 3.8) is 0 Å². The van der Waals surface area contributed by atoms with Crippen LogP contribution in [0.2, 0.25) is 0 Å². The summed E-state index contributed by atoms with van der Waals surface area (Å²) < 4.78 is 29.0. The Morgan fingerprint density at radius 3 is 2.54 bits per heavy atom. The normalized spacial score (nSPS) is 11.9. The Morgan fingerprint density at radius 2 is 1.82 bits per heavy atom. The van der Waals surface area contributed by atoms with E-state index in [1.807, 2.05) is 0 Å². The number of aliphatic hydroxyl groups is 1. The van der Waals surface area contributed by atoms with Crippen molar-refractivity contribution in [3.05, 3.63) is 71.1 Å². The number of sulfone groups is 1. The van der Waals surface area contributed by atoms with E-state index in [0.717, 1.165) is 0 Å². The van der Waals surface area contributed by atoms with Crippen molar-refractivity contribution in [3.8, 4) is 0 Å². The van der Waals surface area contributed by atoms with Gasteiger partial charge in [-0.25, -0.2) is 13.0 Å². The molecule has 0 fully saturated rings. The average molecular weight is 397 g/mol. The maximum Gasteiger partial charge on any atom is 0.278 e. The molecule has 9 heteroatoms. The zero-order valence-corrected chi connectivity index (χ0v) is 15.5. The number of nitrogens with two attached hydrogens (primary N) is 1. The summed E-state index contributed by atoms with van der Waals surface area (Å²) in [5, 5.41) is 9.56. The molecule has 1 aromatic carbocycles. The van der Waals surface area contributed by atoms with Crippen LogP contribution in [0, 0.1) is 0 Å². The molecule has 4 aromatic rings. The van der Waals surface area contributed by atoms with E-state index in [2.05, 4.69) is 4.98 Å². The molecule has 0 aliphatic heterocycles. The molecule has 4 rings (SSSR count). The summed E-state index contributed by atoms with van der Waals surface area (Å²) >= 11 is 0. The highest BCUT2D eigenvalue weighted by molar-refractivity contribution is 7.91. The zero-order valence-electron chi connectivity index (χ0n) is 14.7. The molecule has 0 saturated heterocycles. The minimum absolute atomic E-state index is 0.00404. The fourth-order valence-corrected chi connectivity index (χ4v) is 4.57. The van der Waals surface area contributed by atoms with Crippen LogP contribution < -0.4 is 15.9 Å². The first kappa shape index (κ1) is 18.1. The van der Waals surface area contributed by atoms with Crippen LogP contribution in [0.1, 0.15) is 0 Å². The summed E-state index contributed by atoms with van der Waals surface area (Å²) in [6, 6.07) is 14.2. The molecule has 0 spiro atoms. The van der Waals surface area contributed by atoms with Crippen molar-refractivity contribution in [1.82, 2.24) is 9.38 Å². The van der Waals surface area contributed by atoms with Gasteiger partial charge in [0.1, 0.15) is 10.3 Å². The van der Waals surface area contributed by atoms with Crippen molar-refractivity contribution < 1.29 is 18.1 Å². The van der Waals surface area contributed by atoms with Gasteiger partial charge in [-0.3, -0.25) is 9.20 Å². The SMILES string of the molecule is Nc1c(S(=O)(=O)c2ccccc2)cc2c(=O)n3ccccc3nc2[n+]1CCO. The number of hydrogen-bond acceptors (Lipinski definition) is 6. The number of hydrogen-bond donors (Lipinski definition) is 2. The van der Waals surface area contributed by atoms with E-state index >= 15 is 0 Å². The van der Waals surface area contributed by atoms with Gasteiger partial charge in [-0.05, 0) is 30.3 Å². The number of rotatable bonds is 4. The number of benzene rings is 1. The molecule has 0 aliphatic rings. The summed E-state index contributed by atoms with van der Waals surface area (Å²) in [6.45, 7) is -0.301. The van der Waals surface area contributed by atoms with Crippen LogP contribution in [0.4, 0.5) is 5.82 Å². The molecule has 28 heavy (non-hydrogen) atoms. The Kier molecular flexibility index (Phi) is 4.33. The maximum absolute atomic E-state index is 13.1. The lowest BCUT2D eigenvalue weighted by Gasteiger charge is -2.12. The molecule has 0 bridgehead atoms. The standard InChI is InChI=1S/C19H16N4O4S/c20-17-15(28(26,27)13-6-2-1-3-7-13)12-14-18(23(17)10-11-24)21-16-8-4-5-9-22(16)19(14)25/h1-9,12,20,24H,10-11H2/p+1. The van der Waals surface area contributed by atoms with Crippen LogP contribution in [0.25, 0.3) is 16.7 Å². The van der Waals surface area contributed by atoms with Crippen LogP contribution in [0.5, 0.6) is 0 Å². The molecule has 142 valence electrons. The zero-order chi connectivity index (χ0) is 19.9. The molecule has 0 amide bonds. The highest BCUT2D eigenvalue weighted by atomic mass is 32.2. The van der Waals surface area contributed by atoms with E-state index in [1.165, 1.54) is 27.2 Å².